The second-order valence-electron chi connectivity index (χ2n) is 6.49. The van der Waals surface area contributed by atoms with Crippen LogP contribution in [0.5, 0.6) is 5.75 Å². The Labute approximate surface area is 170 Å². The fourth-order valence-electron chi connectivity index (χ4n) is 3.10. The van der Waals surface area contributed by atoms with Crippen LogP contribution in [-0.4, -0.2) is 55.8 Å². The van der Waals surface area contributed by atoms with Gasteiger partial charge in [-0.3, -0.25) is 4.79 Å². The lowest BCUT2D eigenvalue weighted by molar-refractivity contribution is -0.140. The van der Waals surface area contributed by atoms with E-state index in [9.17, 15) is 13.2 Å². The minimum atomic E-state index is -3.54. The van der Waals surface area contributed by atoms with Crippen molar-refractivity contribution >= 4 is 27.5 Å². The van der Waals surface area contributed by atoms with Crippen molar-refractivity contribution in [1.82, 2.24) is 9.21 Å². The highest BCUT2D eigenvalue weighted by atomic mass is 35.5. The average Bonchev–Trinajstić information content (AvgIpc) is 2.73. The first kappa shape index (κ1) is 20.6. The first-order valence-corrected chi connectivity index (χ1v) is 11.0. The van der Waals surface area contributed by atoms with Crippen molar-refractivity contribution in [3.63, 3.8) is 0 Å². The number of sulfonamides is 1. The van der Waals surface area contributed by atoms with E-state index < -0.39 is 16.1 Å². The molecule has 0 saturated carbocycles. The van der Waals surface area contributed by atoms with Crippen molar-refractivity contribution in [2.45, 2.75) is 24.3 Å². The molecule has 3 rings (SSSR count). The molecule has 1 heterocycles. The molecule has 0 radical (unpaired) electrons. The Hall–Kier alpha value is -2.09. The highest BCUT2D eigenvalue weighted by Crippen LogP contribution is 2.25. The van der Waals surface area contributed by atoms with Gasteiger partial charge in [-0.1, -0.05) is 48.9 Å². The molecule has 1 amide bonds. The number of hydrogen-bond acceptors (Lipinski definition) is 4. The lowest BCUT2D eigenvalue weighted by Gasteiger charge is -2.35. The summed E-state index contributed by atoms with van der Waals surface area (Å²) in [6.07, 6.45) is -0.163. The maximum atomic E-state index is 12.9. The number of nitrogens with zero attached hydrogens (tertiary/aromatic N) is 2. The normalized spacial score (nSPS) is 16.6. The zero-order chi connectivity index (χ0) is 20.1. The maximum absolute atomic E-state index is 12.9. The van der Waals surface area contributed by atoms with Gasteiger partial charge in [0, 0.05) is 26.2 Å². The van der Waals surface area contributed by atoms with Crippen LogP contribution in [0.1, 0.15) is 13.3 Å². The summed E-state index contributed by atoms with van der Waals surface area (Å²) < 4.78 is 32.7. The minimum Gasteiger partial charge on any atom is -0.479 e. The van der Waals surface area contributed by atoms with E-state index in [2.05, 4.69) is 0 Å². The van der Waals surface area contributed by atoms with Crippen LogP contribution in [0.15, 0.2) is 59.5 Å². The smallest absolute Gasteiger partial charge is 0.263 e. The summed E-state index contributed by atoms with van der Waals surface area (Å²) in [6, 6.07) is 15.4. The molecule has 1 aliphatic heterocycles. The molecule has 0 spiro atoms. The summed E-state index contributed by atoms with van der Waals surface area (Å²) >= 11 is 6.12. The van der Waals surface area contributed by atoms with Crippen molar-refractivity contribution in [3.8, 4) is 5.75 Å². The van der Waals surface area contributed by atoms with Gasteiger partial charge >= 0.3 is 0 Å². The Morgan fingerprint density at radius 1 is 1.04 bits per heavy atom. The van der Waals surface area contributed by atoms with Crippen LogP contribution in [0.4, 0.5) is 0 Å². The molecule has 28 heavy (non-hydrogen) atoms. The second-order valence-corrected chi connectivity index (χ2v) is 8.83. The van der Waals surface area contributed by atoms with Crippen LogP contribution in [0.3, 0.4) is 0 Å². The van der Waals surface area contributed by atoms with Crippen LogP contribution < -0.4 is 4.74 Å². The molecule has 1 atom stereocenters. The Morgan fingerprint density at radius 3 is 2.25 bits per heavy atom. The molecule has 0 bridgehead atoms. The first-order valence-electron chi connectivity index (χ1n) is 9.18. The number of carbonyl (C=O) groups excluding carboxylic acids is 1. The quantitative estimate of drug-likeness (QED) is 0.717. The van der Waals surface area contributed by atoms with Crippen LogP contribution in [-0.2, 0) is 14.8 Å². The summed E-state index contributed by atoms with van der Waals surface area (Å²) in [6.45, 7) is 3.03. The second kappa shape index (κ2) is 8.94. The van der Waals surface area contributed by atoms with Crippen molar-refractivity contribution < 1.29 is 17.9 Å². The van der Waals surface area contributed by atoms with Crippen molar-refractivity contribution in [2.24, 2.45) is 0 Å². The van der Waals surface area contributed by atoms with E-state index >= 15 is 0 Å². The van der Waals surface area contributed by atoms with E-state index in [1.165, 1.54) is 4.31 Å². The lowest BCUT2D eigenvalue weighted by atomic mass is 10.2. The van der Waals surface area contributed by atoms with Crippen LogP contribution in [0.2, 0.25) is 5.02 Å². The Morgan fingerprint density at radius 2 is 1.64 bits per heavy atom. The van der Waals surface area contributed by atoms with Gasteiger partial charge in [-0.05, 0) is 30.7 Å². The Kier molecular flexibility index (Phi) is 6.59. The third kappa shape index (κ3) is 4.48. The molecule has 8 heteroatoms. The number of rotatable bonds is 6. The van der Waals surface area contributed by atoms with E-state index in [1.807, 2.05) is 6.92 Å². The molecule has 0 aromatic heterocycles. The van der Waals surface area contributed by atoms with Crippen LogP contribution in [0.25, 0.3) is 0 Å². The van der Waals surface area contributed by atoms with Gasteiger partial charge in [0.15, 0.2) is 6.10 Å². The molecule has 2 aromatic carbocycles. The fourth-order valence-corrected chi connectivity index (χ4v) is 4.72. The number of halogens is 1. The highest BCUT2D eigenvalue weighted by molar-refractivity contribution is 7.89. The topological polar surface area (TPSA) is 66.9 Å². The van der Waals surface area contributed by atoms with Crippen LogP contribution in [0, 0.1) is 0 Å². The van der Waals surface area contributed by atoms with Gasteiger partial charge < -0.3 is 9.64 Å². The summed E-state index contributed by atoms with van der Waals surface area (Å²) in [5.74, 6) is 0.314. The molecule has 6 nitrogen and oxygen atoms in total. The maximum Gasteiger partial charge on any atom is 0.263 e. The minimum absolute atomic E-state index is 0.154. The van der Waals surface area contributed by atoms with E-state index in [-0.39, 0.29) is 23.9 Å². The third-order valence-electron chi connectivity index (χ3n) is 4.68. The van der Waals surface area contributed by atoms with Crippen molar-refractivity contribution in [3.05, 3.63) is 59.6 Å². The number of para-hydroxylation sites is 1. The Balaban J connectivity index is 1.63. The van der Waals surface area contributed by atoms with Crippen molar-refractivity contribution in [1.29, 1.82) is 0 Å². The zero-order valence-corrected chi connectivity index (χ0v) is 17.2. The van der Waals surface area contributed by atoms with Gasteiger partial charge in [-0.2, -0.15) is 4.31 Å². The summed E-state index contributed by atoms with van der Waals surface area (Å²) in [4.78, 5) is 14.8. The number of hydrogen-bond donors (Lipinski definition) is 0. The van der Waals surface area contributed by atoms with Gasteiger partial charge in [-0.15, -0.1) is 0 Å². The SMILES string of the molecule is CCC(Oc1ccccc1Cl)C(=O)N1CCN(S(=O)(=O)c2ccccc2)CC1. The van der Waals surface area contributed by atoms with Gasteiger partial charge in [0.1, 0.15) is 5.75 Å². The standard InChI is InChI=1S/C20H23ClN2O4S/c1-2-18(27-19-11-7-6-10-17(19)21)20(24)22-12-14-23(15-13-22)28(25,26)16-8-4-3-5-9-16/h3-11,18H,2,12-15H2,1H3. The van der Waals surface area contributed by atoms with E-state index in [1.54, 1.807) is 59.5 Å². The van der Waals surface area contributed by atoms with Gasteiger partial charge in [0.05, 0.1) is 9.92 Å². The van der Waals surface area contributed by atoms with E-state index in [0.717, 1.165) is 0 Å². The van der Waals surface area contributed by atoms with Crippen LogP contribution >= 0.6 is 11.6 Å². The third-order valence-corrected chi connectivity index (χ3v) is 6.91. The molecule has 1 saturated heterocycles. The monoisotopic (exact) mass is 422 g/mol. The number of carbonyl (C=O) groups is 1. The average molecular weight is 423 g/mol. The number of piperazine rings is 1. The fraction of sp³-hybridized carbons (Fsp3) is 0.350. The Bertz CT molecular complexity index is 913. The lowest BCUT2D eigenvalue weighted by Crippen LogP contribution is -2.53. The van der Waals surface area contributed by atoms with Gasteiger partial charge in [0.25, 0.3) is 5.91 Å². The van der Waals surface area contributed by atoms with Gasteiger partial charge in [-0.25, -0.2) is 8.42 Å². The molecule has 0 aliphatic carbocycles. The molecule has 1 unspecified atom stereocenters. The largest absolute Gasteiger partial charge is 0.479 e. The summed E-state index contributed by atoms with van der Waals surface area (Å²) in [5, 5.41) is 0.451. The summed E-state index contributed by atoms with van der Waals surface area (Å²) in [7, 11) is -3.54. The molecular formula is C20H23ClN2O4S. The zero-order valence-electron chi connectivity index (χ0n) is 15.6. The summed E-state index contributed by atoms with van der Waals surface area (Å²) in [5.41, 5.74) is 0. The molecular weight excluding hydrogens is 400 g/mol. The number of ether oxygens (including phenoxy) is 1. The molecule has 0 N–H and O–H groups in total. The number of benzene rings is 2. The molecule has 1 fully saturated rings. The molecule has 150 valence electrons. The molecule has 2 aromatic rings. The van der Waals surface area contributed by atoms with Gasteiger partial charge in [0.2, 0.25) is 10.0 Å². The molecule has 1 aliphatic rings. The highest BCUT2D eigenvalue weighted by Gasteiger charge is 2.32. The predicted octanol–water partition coefficient (Wildman–Crippen LogP) is 3.03. The predicted molar refractivity (Wildman–Crippen MR) is 108 cm³/mol. The first-order chi connectivity index (χ1) is 13.4. The van der Waals surface area contributed by atoms with Crippen molar-refractivity contribution in [2.75, 3.05) is 26.2 Å². The van der Waals surface area contributed by atoms with E-state index in [4.69, 9.17) is 16.3 Å². The van der Waals surface area contributed by atoms with E-state index in [0.29, 0.717) is 30.3 Å². The number of amides is 1.